The Labute approximate surface area is 108 Å². The molecular weight excluding hydrogens is 248 g/mol. The normalized spacial score (nSPS) is 12.2. The van der Waals surface area contributed by atoms with Gasteiger partial charge in [-0.15, -0.1) is 0 Å². The Morgan fingerprint density at radius 3 is 1.42 bits per heavy atom. The number of carbonyl (C=O) groups excluding carboxylic acids is 2. The van der Waals surface area contributed by atoms with Crippen LogP contribution in [-0.4, -0.2) is 22.2 Å². The van der Waals surface area contributed by atoms with Crippen LogP contribution in [0.3, 0.4) is 0 Å². The van der Waals surface area contributed by atoms with Crippen LogP contribution in [0, 0.1) is 0 Å². The predicted molar refractivity (Wildman–Crippen MR) is 66.0 cm³/mol. The topological polar surface area (TPSA) is 83.8 Å². The molecule has 0 spiro atoms. The molecular formula is C14H10O5. The van der Waals surface area contributed by atoms with Crippen molar-refractivity contribution in [2.75, 3.05) is 0 Å². The first-order valence-electron chi connectivity index (χ1n) is 5.41. The Balaban J connectivity index is 0.000000148. The molecule has 1 aliphatic rings. The summed E-state index contributed by atoms with van der Waals surface area (Å²) in [4.78, 5) is 21.7. The SMILES string of the molecule is O=C1OC(=O)c2ccccc21.Oc1ccc(O)cc1. The zero-order valence-electron chi connectivity index (χ0n) is 9.74. The van der Waals surface area contributed by atoms with Crippen LogP contribution in [0.1, 0.15) is 20.7 Å². The van der Waals surface area contributed by atoms with Gasteiger partial charge in [0.05, 0.1) is 11.1 Å². The van der Waals surface area contributed by atoms with Gasteiger partial charge in [-0.25, -0.2) is 9.59 Å². The minimum atomic E-state index is -0.550. The zero-order valence-corrected chi connectivity index (χ0v) is 9.74. The van der Waals surface area contributed by atoms with Crippen LogP contribution in [-0.2, 0) is 4.74 Å². The Bertz CT molecular complexity index is 562. The molecule has 1 aliphatic heterocycles. The number of ether oxygens (including phenoxy) is 1. The van der Waals surface area contributed by atoms with Crippen LogP contribution in [0.15, 0.2) is 48.5 Å². The van der Waals surface area contributed by atoms with Crippen molar-refractivity contribution in [3.8, 4) is 11.5 Å². The van der Waals surface area contributed by atoms with Crippen LogP contribution < -0.4 is 0 Å². The fourth-order valence-corrected chi connectivity index (χ4v) is 1.49. The number of esters is 2. The Hall–Kier alpha value is -2.82. The molecule has 3 rings (SSSR count). The van der Waals surface area contributed by atoms with E-state index < -0.39 is 11.9 Å². The lowest BCUT2D eigenvalue weighted by Gasteiger charge is -1.88. The molecule has 2 aromatic rings. The standard InChI is InChI=1S/C8H4O3.C6H6O2/c9-7-5-3-1-2-4-6(5)8(10)11-7;7-5-1-2-6(8)4-3-5/h1-4H;1-4,7-8H. The predicted octanol–water partition coefficient (Wildman–Crippen LogP) is 2.09. The van der Waals surface area contributed by atoms with E-state index in [0.29, 0.717) is 11.1 Å². The highest BCUT2D eigenvalue weighted by molar-refractivity contribution is 6.14. The first-order valence-corrected chi connectivity index (χ1v) is 5.41. The van der Waals surface area contributed by atoms with Crippen molar-refractivity contribution in [1.29, 1.82) is 0 Å². The number of hydrogen-bond donors (Lipinski definition) is 2. The highest BCUT2D eigenvalue weighted by Gasteiger charge is 2.28. The fourth-order valence-electron chi connectivity index (χ4n) is 1.49. The van der Waals surface area contributed by atoms with E-state index >= 15 is 0 Å². The number of phenolic OH excluding ortho intramolecular Hbond substituents is 2. The molecule has 5 nitrogen and oxygen atoms in total. The van der Waals surface area contributed by atoms with Gasteiger partial charge in [-0.1, -0.05) is 12.1 Å². The molecule has 0 saturated heterocycles. The molecule has 0 bridgehead atoms. The van der Waals surface area contributed by atoms with Crippen LogP contribution in [0.2, 0.25) is 0 Å². The lowest BCUT2D eigenvalue weighted by Crippen LogP contribution is -1.96. The Kier molecular flexibility index (Phi) is 3.47. The van der Waals surface area contributed by atoms with E-state index in [0.717, 1.165) is 0 Å². The van der Waals surface area contributed by atoms with E-state index in [1.807, 2.05) is 0 Å². The molecule has 19 heavy (non-hydrogen) atoms. The third-order valence-corrected chi connectivity index (χ3v) is 2.40. The number of hydrogen-bond acceptors (Lipinski definition) is 5. The summed E-state index contributed by atoms with van der Waals surface area (Å²) < 4.78 is 4.35. The number of aromatic hydroxyl groups is 2. The molecule has 0 radical (unpaired) electrons. The molecule has 0 unspecified atom stereocenters. The highest BCUT2D eigenvalue weighted by atomic mass is 16.6. The summed E-state index contributed by atoms with van der Waals surface area (Å²) in [5.74, 6) is -0.762. The van der Waals surface area contributed by atoms with Gasteiger partial charge in [-0.3, -0.25) is 0 Å². The van der Waals surface area contributed by atoms with Gasteiger partial charge < -0.3 is 14.9 Å². The molecule has 0 saturated carbocycles. The van der Waals surface area contributed by atoms with Crippen molar-refractivity contribution in [2.45, 2.75) is 0 Å². The molecule has 2 N–H and O–H groups in total. The summed E-state index contributed by atoms with van der Waals surface area (Å²) in [6, 6.07) is 12.2. The number of cyclic esters (lactones) is 2. The van der Waals surface area contributed by atoms with Gasteiger partial charge in [-0.05, 0) is 36.4 Å². The van der Waals surface area contributed by atoms with E-state index in [1.165, 1.54) is 24.3 Å². The average molecular weight is 258 g/mol. The molecule has 0 fully saturated rings. The summed E-state index contributed by atoms with van der Waals surface area (Å²) in [5.41, 5.74) is 0.718. The van der Waals surface area contributed by atoms with Crippen molar-refractivity contribution < 1.29 is 24.5 Å². The Morgan fingerprint density at radius 1 is 0.684 bits per heavy atom. The van der Waals surface area contributed by atoms with Gasteiger partial charge in [0.1, 0.15) is 11.5 Å². The molecule has 5 heteroatoms. The van der Waals surface area contributed by atoms with Gasteiger partial charge in [0, 0.05) is 0 Å². The van der Waals surface area contributed by atoms with E-state index in [4.69, 9.17) is 10.2 Å². The van der Waals surface area contributed by atoms with E-state index in [2.05, 4.69) is 4.74 Å². The van der Waals surface area contributed by atoms with Crippen molar-refractivity contribution in [3.05, 3.63) is 59.7 Å². The van der Waals surface area contributed by atoms with Gasteiger partial charge in [-0.2, -0.15) is 0 Å². The molecule has 2 aromatic carbocycles. The van der Waals surface area contributed by atoms with E-state index in [9.17, 15) is 9.59 Å². The number of rotatable bonds is 0. The second-order valence-corrected chi connectivity index (χ2v) is 3.74. The second-order valence-electron chi connectivity index (χ2n) is 3.74. The fraction of sp³-hybridized carbons (Fsp3) is 0. The van der Waals surface area contributed by atoms with E-state index in [1.54, 1.807) is 24.3 Å². The zero-order chi connectivity index (χ0) is 13.8. The maximum atomic E-state index is 10.8. The number of phenols is 2. The summed E-state index contributed by atoms with van der Waals surface area (Å²) in [7, 11) is 0. The van der Waals surface area contributed by atoms with Crippen molar-refractivity contribution >= 4 is 11.9 Å². The first kappa shape index (κ1) is 12.6. The van der Waals surface area contributed by atoms with Gasteiger partial charge in [0.2, 0.25) is 0 Å². The Morgan fingerprint density at radius 2 is 1.05 bits per heavy atom. The quantitative estimate of drug-likeness (QED) is 0.429. The average Bonchev–Trinajstić information content (AvgIpc) is 2.70. The third-order valence-electron chi connectivity index (χ3n) is 2.40. The maximum Gasteiger partial charge on any atom is 0.346 e. The smallest absolute Gasteiger partial charge is 0.346 e. The highest BCUT2D eigenvalue weighted by Crippen LogP contribution is 2.18. The molecule has 0 aromatic heterocycles. The van der Waals surface area contributed by atoms with Crippen molar-refractivity contribution in [1.82, 2.24) is 0 Å². The lowest BCUT2D eigenvalue weighted by atomic mass is 10.1. The van der Waals surface area contributed by atoms with Crippen molar-refractivity contribution in [2.24, 2.45) is 0 Å². The first-order chi connectivity index (χ1) is 9.08. The summed E-state index contributed by atoms with van der Waals surface area (Å²) in [6.07, 6.45) is 0. The molecule has 1 heterocycles. The second kappa shape index (κ2) is 5.22. The maximum absolute atomic E-state index is 10.8. The van der Waals surface area contributed by atoms with Gasteiger partial charge in [0.25, 0.3) is 0 Å². The minimum Gasteiger partial charge on any atom is -0.508 e. The summed E-state index contributed by atoms with van der Waals surface area (Å²) >= 11 is 0. The summed E-state index contributed by atoms with van der Waals surface area (Å²) in [6.45, 7) is 0. The number of carbonyl (C=O) groups is 2. The van der Waals surface area contributed by atoms with Crippen LogP contribution in [0.4, 0.5) is 0 Å². The molecule has 0 amide bonds. The van der Waals surface area contributed by atoms with E-state index in [-0.39, 0.29) is 11.5 Å². The molecule has 0 aliphatic carbocycles. The lowest BCUT2D eigenvalue weighted by molar-refractivity contribution is 0.0444. The van der Waals surface area contributed by atoms with Gasteiger partial charge >= 0.3 is 11.9 Å². The third kappa shape index (κ3) is 2.90. The largest absolute Gasteiger partial charge is 0.508 e. The molecule has 0 atom stereocenters. The number of fused-ring (bicyclic) bond motifs is 1. The van der Waals surface area contributed by atoms with Crippen LogP contribution in [0.5, 0.6) is 11.5 Å². The van der Waals surface area contributed by atoms with Gasteiger partial charge in [0.15, 0.2) is 0 Å². The summed E-state index contributed by atoms with van der Waals surface area (Å²) in [5, 5.41) is 17.3. The molecule has 96 valence electrons. The van der Waals surface area contributed by atoms with Crippen LogP contribution in [0.25, 0.3) is 0 Å². The van der Waals surface area contributed by atoms with Crippen molar-refractivity contribution in [3.63, 3.8) is 0 Å². The minimum absolute atomic E-state index is 0.169. The monoisotopic (exact) mass is 258 g/mol. The number of benzene rings is 2. The van der Waals surface area contributed by atoms with Crippen LogP contribution >= 0.6 is 0 Å².